The standard InChI is InChI=1S/C19H22BClN4O.C18H19ClN4.C2HF3O/c1-13-7-8-17-19(22-13)25(14-9-11-24(12-10-14)20(2)26)18(23-17)15-5-3-4-6-16(15)21;1-12-6-7-16-18(21-12)23(13-8-10-20-11-9-13)17(22-16)14-4-2-3-5-15(14)19;3-2(4,5)1-6/h3-8,14,26H,9-12H2,1-2H3;2-7,13,20H,8-11H2,1H3;1H. The zero-order chi connectivity index (χ0) is 39.3. The highest BCUT2D eigenvalue weighted by Crippen LogP contribution is 2.37. The molecule has 6 heterocycles. The number of pyridine rings is 2. The van der Waals surface area contributed by atoms with E-state index in [9.17, 15) is 18.2 Å². The molecule has 4 aromatic heterocycles. The summed E-state index contributed by atoms with van der Waals surface area (Å²) in [4.78, 5) is 30.1. The van der Waals surface area contributed by atoms with Crippen LogP contribution in [0.3, 0.4) is 0 Å². The number of alkyl halides is 3. The van der Waals surface area contributed by atoms with Crippen LogP contribution in [0.4, 0.5) is 13.2 Å². The Hall–Kier alpha value is -4.34. The van der Waals surface area contributed by atoms with E-state index in [0.717, 1.165) is 113 Å². The molecule has 0 spiro atoms. The van der Waals surface area contributed by atoms with Crippen LogP contribution in [0.1, 0.15) is 49.2 Å². The number of carbonyl (C=O) groups excluding carboxylic acids is 1. The fourth-order valence-corrected chi connectivity index (χ4v) is 7.52. The Kier molecular flexibility index (Phi) is 12.9. The lowest BCUT2D eigenvalue weighted by Crippen LogP contribution is -2.43. The summed E-state index contributed by atoms with van der Waals surface area (Å²) in [6.07, 6.45) is -1.64. The molecule has 2 aromatic carbocycles. The number of aryl methyl sites for hydroxylation is 2. The second kappa shape index (κ2) is 17.6. The van der Waals surface area contributed by atoms with Gasteiger partial charge in [0, 0.05) is 34.6 Å². The summed E-state index contributed by atoms with van der Waals surface area (Å²) < 4.78 is 35.8. The van der Waals surface area contributed by atoms with Gasteiger partial charge in [-0.3, -0.25) is 4.79 Å². The first kappa shape index (κ1) is 40.3. The Bertz CT molecular complexity index is 2250. The van der Waals surface area contributed by atoms with Crippen molar-refractivity contribution in [3.05, 3.63) is 94.2 Å². The Morgan fingerprint density at radius 3 is 1.55 bits per heavy atom. The first-order chi connectivity index (χ1) is 26.3. The summed E-state index contributed by atoms with van der Waals surface area (Å²) in [5.74, 6) is 1.80. The molecule has 288 valence electrons. The molecule has 8 rings (SSSR count). The van der Waals surface area contributed by atoms with Gasteiger partial charge in [-0.1, -0.05) is 47.5 Å². The van der Waals surface area contributed by atoms with Crippen LogP contribution >= 0.6 is 23.2 Å². The highest BCUT2D eigenvalue weighted by molar-refractivity contribution is 6.45. The lowest BCUT2D eigenvalue weighted by atomic mass is 9.82. The molecule has 0 amide bonds. The molecule has 10 nitrogen and oxygen atoms in total. The molecule has 0 aliphatic carbocycles. The lowest BCUT2D eigenvalue weighted by molar-refractivity contribution is -0.156. The minimum absolute atomic E-state index is 0.288. The van der Waals surface area contributed by atoms with Gasteiger partial charge in [0.2, 0.25) is 6.29 Å². The van der Waals surface area contributed by atoms with Crippen LogP contribution in [0.5, 0.6) is 0 Å². The van der Waals surface area contributed by atoms with E-state index in [1.54, 1.807) is 0 Å². The molecule has 0 saturated carbocycles. The fraction of sp³-hybridized carbons (Fsp3) is 0.359. The van der Waals surface area contributed by atoms with E-state index in [-0.39, 0.29) is 6.04 Å². The Morgan fingerprint density at radius 2 is 1.15 bits per heavy atom. The molecule has 0 atom stereocenters. The van der Waals surface area contributed by atoms with Gasteiger partial charge < -0.3 is 24.3 Å². The molecule has 2 fully saturated rings. The van der Waals surface area contributed by atoms with Crippen molar-refractivity contribution in [2.75, 3.05) is 26.2 Å². The summed E-state index contributed by atoms with van der Waals surface area (Å²) in [6, 6.07) is 24.5. The second-order valence-electron chi connectivity index (χ2n) is 13.7. The number of fused-ring (bicyclic) bond motifs is 2. The normalized spacial score (nSPS) is 15.7. The van der Waals surface area contributed by atoms with Gasteiger partial charge in [-0.25, -0.2) is 19.9 Å². The molecule has 2 aliphatic heterocycles. The average molecular weight is 794 g/mol. The van der Waals surface area contributed by atoms with Crippen molar-refractivity contribution >= 4 is 58.9 Å². The van der Waals surface area contributed by atoms with Crippen molar-refractivity contribution in [1.82, 2.24) is 39.2 Å². The summed E-state index contributed by atoms with van der Waals surface area (Å²) in [5, 5.41) is 14.7. The number of aromatic nitrogens is 6. The molecule has 16 heteroatoms. The van der Waals surface area contributed by atoms with Gasteiger partial charge in [0.05, 0.1) is 10.0 Å². The molecule has 55 heavy (non-hydrogen) atoms. The van der Waals surface area contributed by atoms with Crippen molar-refractivity contribution < 1.29 is 23.0 Å². The molecule has 2 saturated heterocycles. The topological polar surface area (TPSA) is 114 Å². The van der Waals surface area contributed by atoms with Crippen LogP contribution < -0.4 is 5.32 Å². The van der Waals surface area contributed by atoms with E-state index in [4.69, 9.17) is 47.9 Å². The quantitative estimate of drug-likeness (QED) is 0.132. The van der Waals surface area contributed by atoms with Crippen molar-refractivity contribution in [2.45, 2.75) is 64.6 Å². The van der Waals surface area contributed by atoms with Crippen LogP contribution in [0, 0.1) is 13.8 Å². The van der Waals surface area contributed by atoms with Crippen LogP contribution in [0.25, 0.3) is 45.1 Å². The van der Waals surface area contributed by atoms with Crippen molar-refractivity contribution in [1.29, 1.82) is 0 Å². The van der Waals surface area contributed by atoms with E-state index in [1.807, 2.05) is 87.4 Å². The molecular formula is C39H42BCl2F3N8O2. The number of benzene rings is 2. The Labute approximate surface area is 327 Å². The molecular weight excluding hydrogens is 751 g/mol. The van der Waals surface area contributed by atoms with Crippen LogP contribution in [0.2, 0.25) is 16.9 Å². The number of nitrogens with one attached hydrogen (secondary N) is 1. The van der Waals surface area contributed by atoms with Gasteiger partial charge in [-0.05, 0) is 121 Å². The summed E-state index contributed by atoms with van der Waals surface area (Å²) in [6.45, 7) is 9.62. The maximum Gasteiger partial charge on any atom is 0.446 e. The molecule has 6 aromatic rings. The first-order valence-corrected chi connectivity index (χ1v) is 19.0. The minimum atomic E-state index is -4.64. The second-order valence-corrected chi connectivity index (χ2v) is 14.5. The van der Waals surface area contributed by atoms with Crippen LogP contribution in [-0.4, -0.2) is 84.6 Å². The largest absolute Gasteiger partial charge is 0.446 e. The van der Waals surface area contributed by atoms with Gasteiger partial charge in [-0.2, -0.15) is 13.2 Å². The molecule has 0 bridgehead atoms. The van der Waals surface area contributed by atoms with Gasteiger partial charge in [0.1, 0.15) is 22.7 Å². The number of imidazole rings is 2. The monoisotopic (exact) mass is 792 g/mol. The van der Waals surface area contributed by atoms with Gasteiger partial charge in [0.25, 0.3) is 0 Å². The highest BCUT2D eigenvalue weighted by Gasteiger charge is 2.29. The summed E-state index contributed by atoms with van der Waals surface area (Å²) in [5.41, 5.74) is 7.60. The Balaban J connectivity index is 0.000000164. The van der Waals surface area contributed by atoms with E-state index in [0.29, 0.717) is 11.1 Å². The van der Waals surface area contributed by atoms with E-state index < -0.39 is 19.5 Å². The SMILES string of the molecule is CB(O)N1CCC(n2c(-c3ccccc3Cl)nc3ccc(C)nc32)CC1.Cc1ccc2nc(-c3ccccc3Cl)n(C3CCNCC3)c2n1.O=CC(F)(F)F. The third kappa shape index (κ3) is 9.56. The number of hydrogen-bond acceptors (Lipinski definition) is 8. The molecule has 2 aliphatic rings. The number of halogens is 5. The smallest absolute Gasteiger partial charge is 0.437 e. The van der Waals surface area contributed by atoms with Gasteiger partial charge in [-0.15, -0.1) is 0 Å². The number of carbonyl (C=O) groups is 1. The van der Waals surface area contributed by atoms with Crippen molar-refractivity contribution in [2.24, 2.45) is 0 Å². The van der Waals surface area contributed by atoms with E-state index in [1.165, 1.54) is 0 Å². The van der Waals surface area contributed by atoms with Crippen LogP contribution in [-0.2, 0) is 4.79 Å². The zero-order valence-electron chi connectivity index (χ0n) is 30.8. The number of rotatable bonds is 5. The van der Waals surface area contributed by atoms with Crippen molar-refractivity contribution in [3.63, 3.8) is 0 Å². The zero-order valence-corrected chi connectivity index (χ0v) is 32.3. The number of piperidine rings is 2. The third-order valence-corrected chi connectivity index (χ3v) is 10.4. The summed E-state index contributed by atoms with van der Waals surface area (Å²) in [7, 11) is -0.404. The third-order valence-electron chi connectivity index (χ3n) is 9.78. The van der Waals surface area contributed by atoms with E-state index >= 15 is 0 Å². The average Bonchev–Trinajstić information content (AvgIpc) is 3.74. The van der Waals surface area contributed by atoms with E-state index in [2.05, 4.69) is 25.3 Å². The minimum Gasteiger partial charge on any atom is -0.437 e. The number of aldehydes is 1. The van der Waals surface area contributed by atoms with Crippen molar-refractivity contribution in [3.8, 4) is 22.8 Å². The molecule has 0 radical (unpaired) electrons. The van der Waals surface area contributed by atoms with Gasteiger partial charge >= 0.3 is 13.2 Å². The maximum atomic E-state index is 10.4. The maximum absolute atomic E-state index is 10.4. The number of nitrogens with zero attached hydrogens (tertiary/aromatic N) is 7. The first-order valence-electron chi connectivity index (χ1n) is 18.2. The Morgan fingerprint density at radius 1 is 0.727 bits per heavy atom. The molecule has 2 N–H and O–H groups in total. The number of hydrogen-bond donors (Lipinski definition) is 2. The predicted molar refractivity (Wildman–Crippen MR) is 212 cm³/mol. The molecule has 0 unspecified atom stereocenters. The lowest BCUT2D eigenvalue weighted by Gasteiger charge is -2.34. The van der Waals surface area contributed by atoms with Gasteiger partial charge in [0.15, 0.2) is 11.3 Å². The highest BCUT2D eigenvalue weighted by atomic mass is 35.5. The fourth-order valence-electron chi connectivity index (χ4n) is 7.08. The summed E-state index contributed by atoms with van der Waals surface area (Å²) >= 11 is 12.9. The predicted octanol–water partition coefficient (Wildman–Crippen LogP) is 8.54. The van der Waals surface area contributed by atoms with Crippen LogP contribution in [0.15, 0.2) is 72.8 Å².